The summed E-state index contributed by atoms with van der Waals surface area (Å²) in [5.74, 6) is -0.623. The van der Waals surface area contributed by atoms with E-state index in [0.29, 0.717) is 35.5 Å². The number of thioether (sulfide) groups is 1. The maximum absolute atomic E-state index is 13.9. The van der Waals surface area contributed by atoms with Crippen molar-refractivity contribution in [2.24, 2.45) is 0 Å². The molecule has 0 aliphatic rings. The summed E-state index contributed by atoms with van der Waals surface area (Å²) in [6.45, 7) is 0.583. The first kappa shape index (κ1) is 35.1. The third-order valence-corrected chi connectivity index (χ3v) is 8.76. The number of aromatic nitrogens is 2. The maximum atomic E-state index is 13.9. The number of hydrogen-bond acceptors (Lipinski definition) is 10. The molecule has 2 heterocycles. The van der Waals surface area contributed by atoms with Crippen LogP contribution >= 0.6 is 11.8 Å². The van der Waals surface area contributed by atoms with E-state index in [9.17, 15) is 24.5 Å². The van der Waals surface area contributed by atoms with Crippen LogP contribution in [0.5, 0.6) is 0 Å². The second kappa shape index (κ2) is 16.3. The second-order valence-electron chi connectivity index (χ2n) is 11.0. The van der Waals surface area contributed by atoms with Gasteiger partial charge < -0.3 is 23.9 Å². The number of nitrogens with one attached hydrogen (secondary N) is 1. The SMILES string of the molecule is COC(=O)CCC(NC(=O)c1ccc(-c2ccc(N(Cc3cncn3Cc3ccc(C#N)cc3)C(=O)c3ccc([N+](=O)[O-])cc3)cc2)o1)SC. The molecule has 50 heavy (non-hydrogen) atoms. The van der Waals surface area contributed by atoms with Gasteiger partial charge >= 0.3 is 5.97 Å². The van der Waals surface area contributed by atoms with Crippen LogP contribution in [0.3, 0.4) is 0 Å². The second-order valence-corrected chi connectivity index (χ2v) is 12.1. The lowest BCUT2D eigenvalue weighted by molar-refractivity contribution is -0.384. The van der Waals surface area contributed by atoms with Gasteiger partial charge in [0.1, 0.15) is 5.76 Å². The van der Waals surface area contributed by atoms with E-state index in [1.54, 1.807) is 66.0 Å². The highest BCUT2D eigenvalue weighted by molar-refractivity contribution is 7.99. The first-order valence-corrected chi connectivity index (χ1v) is 16.6. The summed E-state index contributed by atoms with van der Waals surface area (Å²) in [7, 11) is 1.32. The third-order valence-electron chi connectivity index (χ3n) is 7.83. The fraction of sp³-hybridized carbons (Fsp3) is 0.194. The van der Waals surface area contributed by atoms with Gasteiger partial charge in [0.25, 0.3) is 17.5 Å². The molecule has 1 atom stereocenters. The average Bonchev–Trinajstić information content (AvgIpc) is 3.82. The molecule has 14 heteroatoms. The first-order valence-electron chi connectivity index (χ1n) is 15.3. The number of esters is 1. The standard InChI is InChI=1S/C36H32N6O7S/c1-48-34(43)18-17-33(50-2)39-35(44)32-16-15-31(49-32)26-7-11-28(12-8-26)41(36(45)27-9-13-29(14-10-27)42(46)47)22-30-20-38-23-40(30)21-25-5-3-24(19-37)4-6-25/h3-16,20,23,33H,17-18,21-22H2,1-2H3,(H,39,44). The molecule has 0 spiro atoms. The molecule has 254 valence electrons. The van der Waals surface area contributed by atoms with Crippen molar-refractivity contribution in [3.05, 3.63) is 136 Å². The third kappa shape index (κ3) is 8.63. The summed E-state index contributed by atoms with van der Waals surface area (Å²) < 4.78 is 12.4. The molecule has 0 radical (unpaired) electrons. The van der Waals surface area contributed by atoms with Crippen molar-refractivity contribution in [1.29, 1.82) is 5.26 Å². The van der Waals surface area contributed by atoms with E-state index in [1.165, 1.54) is 43.1 Å². The zero-order valence-corrected chi connectivity index (χ0v) is 28.0. The van der Waals surface area contributed by atoms with Crippen molar-refractivity contribution in [2.45, 2.75) is 31.3 Å². The van der Waals surface area contributed by atoms with Crippen LogP contribution in [0.4, 0.5) is 11.4 Å². The molecule has 1 unspecified atom stereocenters. The lowest BCUT2D eigenvalue weighted by Gasteiger charge is -2.24. The van der Waals surface area contributed by atoms with Crippen LogP contribution in [0.15, 0.2) is 102 Å². The van der Waals surface area contributed by atoms with E-state index < -0.39 is 10.8 Å². The number of methoxy groups -OCH3 is 1. The number of furan rings is 1. The number of amides is 2. The molecule has 0 aliphatic heterocycles. The Bertz CT molecular complexity index is 2020. The largest absolute Gasteiger partial charge is 0.469 e. The van der Waals surface area contributed by atoms with Gasteiger partial charge in [-0.05, 0) is 78.9 Å². The normalized spacial score (nSPS) is 11.3. The first-order chi connectivity index (χ1) is 24.2. The molecule has 1 N–H and O–H groups in total. The van der Waals surface area contributed by atoms with Gasteiger partial charge in [0, 0.05) is 48.1 Å². The predicted octanol–water partition coefficient (Wildman–Crippen LogP) is 6.19. The van der Waals surface area contributed by atoms with E-state index in [-0.39, 0.29) is 47.2 Å². The molecule has 0 bridgehead atoms. The number of imidazole rings is 1. The van der Waals surface area contributed by atoms with Crippen LogP contribution in [0.2, 0.25) is 0 Å². The smallest absolute Gasteiger partial charge is 0.305 e. The zero-order chi connectivity index (χ0) is 35.6. The molecule has 5 aromatic rings. The Kier molecular flexibility index (Phi) is 11.4. The van der Waals surface area contributed by atoms with Gasteiger partial charge in [-0.3, -0.25) is 24.5 Å². The van der Waals surface area contributed by atoms with Crippen LogP contribution < -0.4 is 10.2 Å². The lowest BCUT2D eigenvalue weighted by atomic mass is 10.1. The summed E-state index contributed by atoms with van der Waals surface area (Å²) in [6.07, 6.45) is 5.73. The highest BCUT2D eigenvalue weighted by atomic mass is 32.2. The minimum atomic E-state index is -0.525. The number of rotatable bonds is 14. The van der Waals surface area contributed by atoms with Crippen LogP contribution in [0.1, 0.15) is 50.6 Å². The number of ether oxygens (including phenoxy) is 1. The number of non-ortho nitro benzene ring substituents is 1. The highest BCUT2D eigenvalue weighted by Crippen LogP contribution is 2.28. The van der Waals surface area contributed by atoms with Crippen molar-refractivity contribution in [3.8, 4) is 17.4 Å². The van der Waals surface area contributed by atoms with Gasteiger partial charge in [0.05, 0.1) is 47.6 Å². The van der Waals surface area contributed by atoms with Crippen molar-refractivity contribution in [3.63, 3.8) is 0 Å². The summed E-state index contributed by atoms with van der Waals surface area (Å²) in [5.41, 5.74) is 3.55. The zero-order valence-electron chi connectivity index (χ0n) is 27.1. The molecule has 2 aromatic heterocycles. The fourth-order valence-electron chi connectivity index (χ4n) is 5.07. The van der Waals surface area contributed by atoms with Gasteiger partial charge in [-0.2, -0.15) is 5.26 Å². The number of nitrogens with zero attached hydrogens (tertiary/aromatic N) is 5. The molecule has 0 saturated heterocycles. The van der Waals surface area contributed by atoms with E-state index in [1.807, 2.05) is 23.0 Å². The van der Waals surface area contributed by atoms with Crippen molar-refractivity contribution in [2.75, 3.05) is 18.3 Å². The molecule has 13 nitrogen and oxygen atoms in total. The minimum absolute atomic E-state index is 0.103. The lowest BCUT2D eigenvalue weighted by Crippen LogP contribution is -2.32. The van der Waals surface area contributed by atoms with Crippen LogP contribution in [0.25, 0.3) is 11.3 Å². The van der Waals surface area contributed by atoms with Crippen molar-refractivity contribution in [1.82, 2.24) is 14.9 Å². The Labute approximate surface area is 291 Å². The van der Waals surface area contributed by atoms with E-state index in [2.05, 4.69) is 21.1 Å². The Morgan fingerprint density at radius 3 is 2.42 bits per heavy atom. The average molecular weight is 693 g/mol. The number of hydrogen-bond donors (Lipinski definition) is 1. The predicted molar refractivity (Wildman–Crippen MR) is 186 cm³/mol. The molecule has 0 saturated carbocycles. The summed E-state index contributed by atoms with van der Waals surface area (Å²) >= 11 is 1.40. The minimum Gasteiger partial charge on any atom is -0.469 e. The van der Waals surface area contributed by atoms with Gasteiger partial charge in [0.2, 0.25) is 0 Å². The number of anilines is 1. The molecule has 5 rings (SSSR count). The Morgan fingerprint density at radius 2 is 1.78 bits per heavy atom. The Balaban J connectivity index is 1.37. The quantitative estimate of drug-likeness (QED) is 0.0612. The molecular formula is C36H32N6O7S. The number of carbonyl (C=O) groups is 3. The van der Waals surface area contributed by atoms with Gasteiger partial charge in [0.15, 0.2) is 5.76 Å². The molecule has 3 aromatic carbocycles. The number of nitro groups is 1. The van der Waals surface area contributed by atoms with Crippen LogP contribution in [-0.4, -0.2) is 51.0 Å². The topological polar surface area (TPSA) is 174 Å². The molecule has 2 amide bonds. The Morgan fingerprint density at radius 1 is 1.06 bits per heavy atom. The monoisotopic (exact) mass is 692 g/mol. The van der Waals surface area contributed by atoms with Crippen molar-refractivity contribution >= 4 is 40.9 Å². The van der Waals surface area contributed by atoms with Crippen LogP contribution in [-0.2, 0) is 22.6 Å². The molecule has 0 fully saturated rings. The number of benzene rings is 3. The summed E-state index contributed by atoms with van der Waals surface area (Å²) in [5, 5.41) is 22.9. The van der Waals surface area contributed by atoms with E-state index in [0.717, 1.165) is 11.3 Å². The Hall–Kier alpha value is -6.20. The van der Waals surface area contributed by atoms with Crippen LogP contribution in [0, 0.1) is 21.4 Å². The van der Waals surface area contributed by atoms with E-state index >= 15 is 0 Å². The van der Waals surface area contributed by atoms with Crippen molar-refractivity contribution < 1.29 is 28.5 Å². The van der Waals surface area contributed by atoms with Gasteiger partial charge in [-0.25, -0.2) is 4.98 Å². The number of nitriles is 1. The molecule has 0 aliphatic carbocycles. The summed E-state index contributed by atoms with van der Waals surface area (Å²) in [4.78, 5) is 54.9. The van der Waals surface area contributed by atoms with Gasteiger partial charge in [-0.15, -0.1) is 11.8 Å². The van der Waals surface area contributed by atoms with Gasteiger partial charge in [-0.1, -0.05) is 12.1 Å². The fourth-order valence-corrected chi connectivity index (χ4v) is 5.64. The molecular weight excluding hydrogens is 660 g/mol. The highest BCUT2D eigenvalue weighted by Gasteiger charge is 2.22. The van der Waals surface area contributed by atoms with E-state index in [4.69, 9.17) is 9.68 Å². The number of nitro benzene ring substituents is 1. The summed E-state index contributed by atoms with van der Waals surface area (Å²) in [6, 6.07) is 25.0. The maximum Gasteiger partial charge on any atom is 0.305 e. The number of carbonyl (C=O) groups excluding carboxylic acids is 3.